The molecule has 10 heteroatoms. The zero-order chi connectivity index (χ0) is 36.3. The van der Waals surface area contributed by atoms with Crippen LogP contribution in [0, 0.1) is 0 Å². The van der Waals surface area contributed by atoms with E-state index in [9.17, 15) is 19.3 Å². The minimum absolute atomic E-state index is 0.162. The lowest BCUT2D eigenvalue weighted by atomic mass is 10.1. The van der Waals surface area contributed by atoms with Crippen molar-refractivity contribution in [3.8, 4) is 0 Å². The number of aliphatic hydroxyl groups excluding tert-OH is 1. The van der Waals surface area contributed by atoms with Crippen LogP contribution in [-0.4, -0.2) is 52.3 Å². The first-order valence-electron chi connectivity index (χ1n) is 19.0. The van der Waals surface area contributed by atoms with E-state index in [0.29, 0.717) is 19.3 Å². The summed E-state index contributed by atoms with van der Waals surface area (Å²) in [7, 11) is -4.77. The molecular weight excluding hydrogens is 643 g/mol. The topological polar surface area (TPSA) is 140 Å². The van der Waals surface area contributed by atoms with E-state index in [1.807, 2.05) is 24.3 Å². The second-order valence-corrected chi connectivity index (χ2v) is 14.0. The molecule has 0 saturated heterocycles. The average molecular weight is 713 g/mol. The highest BCUT2D eigenvalue weighted by Gasteiger charge is 2.22. The Morgan fingerprint density at radius 3 is 1.73 bits per heavy atom. The quantitative estimate of drug-likeness (QED) is 0.0195. The minimum atomic E-state index is -4.77. The van der Waals surface area contributed by atoms with Crippen LogP contribution in [0.3, 0.4) is 0 Å². The van der Waals surface area contributed by atoms with E-state index in [-0.39, 0.29) is 19.4 Å². The average Bonchev–Trinajstić information content (AvgIpc) is 3.06. The van der Waals surface area contributed by atoms with Gasteiger partial charge in [-0.05, 0) is 64.2 Å². The van der Waals surface area contributed by atoms with Crippen LogP contribution in [-0.2, 0) is 28.2 Å². The second-order valence-electron chi connectivity index (χ2n) is 12.7. The standard InChI is InChI=1S/C39H69O9P/c1-3-5-7-8-9-10-11-12-13-14-15-18-21-24-28-32-38(41)46-34-37(35-47-49(43,44)45)48-39(42)33-29-25-22-19-16-17-20-23-27-31-36(40)30-26-6-4-2/h6,12-13,20,23,26-27,31,36-37,40H,3-5,7-11,14-19,21-22,24-25,28-30,32-35H2,1-2H3,(H2,43,44,45)/b13-12-,23-20+,26-6+,31-27+/t36?,37-/m1/s1. The molecule has 0 aromatic heterocycles. The molecule has 2 atom stereocenters. The van der Waals surface area contributed by atoms with Gasteiger partial charge in [-0.2, -0.15) is 0 Å². The van der Waals surface area contributed by atoms with Crippen LogP contribution in [0.15, 0.2) is 48.6 Å². The predicted octanol–water partition coefficient (Wildman–Crippen LogP) is 10.1. The number of hydrogen-bond donors (Lipinski definition) is 3. The number of ether oxygens (including phenoxy) is 2. The molecule has 0 aromatic carbocycles. The molecule has 0 amide bonds. The zero-order valence-corrected chi connectivity index (χ0v) is 31.6. The van der Waals surface area contributed by atoms with E-state index in [0.717, 1.165) is 70.6 Å². The highest BCUT2D eigenvalue weighted by atomic mass is 31.2. The van der Waals surface area contributed by atoms with Crippen LogP contribution >= 0.6 is 7.82 Å². The third-order valence-electron chi connectivity index (χ3n) is 7.91. The predicted molar refractivity (Wildman–Crippen MR) is 199 cm³/mol. The van der Waals surface area contributed by atoms with E-state index in [1.165, 1.54) is 44.9 Å². The Morgan fingerprint density at radius 1 is 0.633 bits per heavy atom. The highest BCUT2D eigenvalue weighted by Crippen LogP contribution is 2.36. The Bertz CT molecular complexity index is 954. The van der Waals surface area contributed by atoms with Crippen molar-refractivity contribution in [2.75, 3.05) is 13.2 Å². The van der Waals surface area contributed by atoms with Gasteiger partial charge >= 0.3 is 19.8 Å². The second kappa shape index (κ2) is 34.4. The lowest BCUT2D eigenvalue weighted by Crippen LogP contribution is -2.29. The van der Waals surface area contributed by atoms with E-state index >= 15 is 0 Å². The molecule has 0 rings (SSSR count). The highest BCUT2D eigenvalue weighted by molar-refractivity contribution is 7.46. The Balaban J connectivity index is 4.06. The molecule has 0 aliphatic rings. The van der Waals surface area contributed by atoms with Crippen molar-refractivity contribution in [3.63, 3.8) is 0 Å². The zero-order valence-electron chi connectivity index (χ0n) is 30.7. The smallest absolute Gasteiger partial charge is 0.462 e. The van der Waals surface area contributed by atoms with Gasteiger partial charge in [0, 0.05) is 12.8 Å². The molecule has 0 heterocycles. The number of allylic oxidation sites excluding steroid dienone is 6. The Hall–Kier alpha value is -2.03. The molecule has 284 valence electrons. The summed E-state index contributed by atoms with van der Waals surface area (Å²) < 4.78 is 26.3. The maximum atomic E-state index is 12.4. The Morgan fingerprint density at radius 2 is 1.16 bits per heavy atom. The van der Waals surface area contributed by atoms with Gasteiger partial charge in [-0.25, -0.2) is 4.57 Å². The van der Waals surface area contributed by atoms with Crippen LogP contribution in [0.4, 0.5) is 0 Å². The summed E-state index contributed by atoms with van der Waals surface area (Å²) in [6.07, 6.45) is 37.3. The van der Waals surface area contributed by atoms with Gasteiger partial charge in [0.1, 0.15) is 6.61 Å². The number of unbranched alkanes of at least 4 members (excludes halogenated alkanes) is 16. The van der Waals surface area contributed by atoms with Crippen molar-refractivity contribution in [2.45, 2.75) is 174 Å². The molecule has 0 saturated carbocycles. The summed E-state index contributed by atoms with van der Waals surface area (Å²) in [5.41, 5.74) is 0. The summed E-state index contributed by atoms with van der Waals surface area (Å²) in [6, 6.07) is 0. The van der Waals surface area contributed by atoms with E-state index in [2.05, 4.69) is 36.6 Å². The molecule has 3 N–H and O–H groups in total. The van der Waals surface area contributed by atoms with Crippen LogP contribution in [0.5, 0.6) is 0 Å². The normalized spacial score (nSPS) is 13.7. The van der Waals surface area contributed by atoms with E-state index in [4.69, 9.17) is 19.3 Å². The molecule has 0 radical (unpaired) electrons. The fourth-order valence-corrected chi connectivity index (χ4v) is 5.41. The van der Waals surface area contributed by atoms with Gasteiger partial charge < -0.3 is 24.4 Å². The molecule has 0 bridgehead atoms. The van der Waals surface area contributed by atoms with Gasteiger partial charge in [0.2, 0.25) is 0 Å². The molecule has 9 nitrogen and oxygen atoms in total. The number of phosphoric acid groups is 1. The number of hydrogen-bond acceptors (Lipinski definition) is 7. The van der Waals surface area contributed by atoms with Gasteiger partial charge in [0.15, 0.2) is 6.10 Å². The minimum Gasteiger partial charge on any atom is -0.462 e. The van der Waals surface area contributed by atoms with Crippen molar-refractivity contribution in [2.24, 2.45) is 0 Å². The molecule has 0 aliphatic heterocycles. The number of rotatable bonds is 34. The molecule has 0 spiro atoms. The van der Waals surface area contributed by atoms with Crippen LogP contribution < -0.4 is 0 Å². The number of carbonyl (C=O) groups is 2. The maximum Gasteiger partial charge on any atom is 0.469 e. The molecule has 0 aliphatic carbocycles. The van der Waals surface area contributed by atoms with Crippen molar-refractivity contribution in [3.05, 3.63) is 48.6 Å². The van der Waals surface area contributed by atoms with Crippen molar-refractivity contribution in [1.29, 1.82) is 0 Å². The first kappa shape index (κ1) is 47.0. The largest absolute Gasteiger partial charge is 0.469 e. The SMILES string of the molecule is CC/C=C/CC(O)/C=C/C=C/CCCCCCCC(=O)O[C@H](COC(=O)CCCCCCC/C=C\CCCCCCCC)COP(=O)(O)O. The maximum absolute atomic E-state index is 12.4. The molecule has 49 heavy (non-hydrogen) atoms. The van der Waals surface area contributed by atoms with Crippen molar-refractivity contribution < 1.29 is 43.0 Å². The van der Waals surface area contributed by atoms with Gasteiger partial charge in [-0.3, -0.25) is 14.1 Å². The lowest BCUT2D eigenvalue weighted by Gasteiger charge is -2.18. The van der Waals surface area contributed by atoms with E-state index in [1.54, 1.807) is 6.08 Å². The summed E-state index contributed by atoms with van der Waals surface area (Å²) >= 11 is 0. The number of carbonyl (C=O) groups excluding carboxylic acids is 2. The monoisotopic (exact) mass is 712 g/mol. The number of aliphatic hydroxyl groups is 1. The fourth-order valence-electron chi connectivity index (χ4n) is 5.05. The van der Waals surface area contributed by atoms with Gasteiger partial charge in [0.05, 0.1) is 12.7 Å². The Kier molecular flexibility index (Phi) is 33.0. The summed E-state index contributed by atoms with van der Waals surface area (Å²) in [6.45, 7) is 3.43. The number of esters is 2. The van der Waals surface area contributed by atoms with Gasteiger partial charge in [-0.15, -0.1) is 0 Å². The first-order valence-corrected chi connectivity index (χ1v) is 20.6. The molecule has 0 fully saturated rings. The summed E-state index contributed by atoms with van der Waals surface area (Å²) in [5, 5.41) is 9.83. The molecule has 0 aromatic rings. The lowest BCUT2D eigenvalue weighted by molar-refractivity contribution is -0.161. The third-order valence-corrected chi connectivity index (χ3v) is 8.40. The summed E-state index contributed by atoms with van der Waals surface area (Å²) in [5.74, 6) is -0.951. The van der Waals surface area contributed by atoms with Gasteiger partial charge in [-0.1, -0.05) is 133 Å². The van der Waals surface area contributed by atoms with E-state index < -0.39 is 38.6 Å². The summed E-state index contributed by atoms with van der Waals surface area (Å²) in [4.78, 5) is 42.7. The van der Waals surface area contributed by atoms with Crippen LogP contribution in [0.25, 0.3) is 0 Å². The number of phosphoric ester groups is 1. The Labute approximate surface area is 297 Å². The van der Waals surface area contributed by atoms with Crippen molar-refractivity contribution in [1.82, 2.24) is 0 Å². The molecular formula is C39H69O9P. The third kappa shape index (κ3) is 37.1. The molecule has 1 unspecified atom stereocenters. The van der Waals surface area contributed by atoms with Crippen LogP contribution in [0.1, 0.15) is 162 Å². The van der Waals surface area contributed by atoms with Gasteiger partial charge in [0.25, 0.3) is 0 Å². The first-order chi connectivity index (χ1) is 23.7. The fraction of sp³-hybridized carbons (Fsp3) is 0.744. The van der Waals surface area contributed by atoms with Crippen molar-refractivity contribution >= 4 is 19.8 Å². The van der Waals surface area contributed by atoms with Crippen LogP contribution in [0.2, 0.25) is 0 Å².